The second-order valence-corrected chi connectivity index (χ2v) is 2.55. The van der Waals surface area contributed by atoms with Crippen molar-refractivity contribution in [3.63, 3.8) is 0 Å². The fraction of sp³-hybridized carbons (Fsp3) is 0.214. The van der Waals surface area contributed by atoms with E-state index in [-0.39, 0.29) is 13.2 Å². The number of ether oxygens (including phenoxy) is 2. The Morgan fingerprint density at radius 2 is 1.60 bits per heavy atom. The van der Waals surface area contributed by atoms with Crippen LogP contribution in [0, 0.1) is 0 Å². The van der Waals surface area contributed by atoms with Crippen molar-refractivity contribution in [3.8, 4) is 0 Å². The zero-order valence-corrected chi connectivity index (χ0v) is 11.5. The molecule has 0 bridgehead atoms. The average molecular weight is 284 g/mol. The molecule has 0 saturated carbocycles. The van der Waals surface area contributed by atoms with Crippen molar-refractivity contribution in [2.75, 3.05) is 13.2 Å². The summed E-state index contributed by atoms with van der Waals surface area (Å²) in [6, 6.07) is 0. The van der Waals surface area contributed by atoms with Gasteiger partial charge in [-0.05, 0) is 6.92 Å². The highest BCUT2D eigenvalue weighted by Gasteiger charge is 1.94. The Hall–Kier alpha value is -2.63. The van der Waals surface area contributed by atoms with Gasteiger partial charge < -0.3 is 14.6 Å². The van der Waals surface area contributed by atoms with Gasteiger partial charge in [0, 0.05) is 18.2 Å². The van der Waals surface area contributed by atoms with Gasteiger partial charge in [0.05, 0.1) is 6.61 Å². The van der Waals surface area contributed by atoms with Crippen molar-refractivity contribution < 1.29 is 29.0 Å². The molecule has 6 heteroatoms. The summed E-state index contributed by atoms with van der Waals surface area (Å²) in [5.41, 5.74) is 0. The Balaban J connectivity index is -0.000000262. The minimum atomic E-state index is -1.16. The molecule has 112 valence electrons. The Bertz CT molecular complexity index is 344. The Morgan fingerprint density at radius 1 is 1.05 bits per heavy atom. The number of hydrogen-bond acceptors (Lipinski definition) is 5. The van der Waals surface area contributed by atoms with Crippen molar-refractivity contribution in [2.45, 2.75) is 6.92 Å². The van der Waals surface area contributed by atoms with Crippen molar-refractivity contribution >= 4 is 17.9 Å². The van der Waals surface area contributed by atoms with Gasteiger partial charge in [-0.2, -0.15) is 0 Å². The first kappa shape index (κ1) is 22.5. The maximum Gasteiger partial charge on any atom is 0.330 e. The number of aliphatic carboxylic acids is 1. The quantitative estimate of drug-likeness (QED) is 0.455. The van der Waals surface area contributed by atoms with Gasteiger partial charge in [-0.15, -0.1) is 13.2 Å². The monoisotopic (exact) mass is 284 g/mol. The molecule has 0 spiro atoms. The largest absolute Gasteiger partial charge is 0.478 e. The number of hydrogen-bond donors (Lipinski definition) is 1. The van der Waals surface area contributed by atoms with Crippen molar-refractivity contribution in [1.82, 2.24) is 0 Å². The standard InChI is InChI=1S/C6H8O4.C6H8O2.C2H4/c1-2-10-6(9)4-3-5(7)8;1-3-5-8-6(7)4-2;1-2/h3-4H,2H2,1H3,(H,7,8);3-4H,1-2,5H2;1-2H2. The first-order valence-electron chi connectivity index (χ1n) is 5.45. The lowest BCUT2D eigenvalue weighted by molar-refractivity contribution is -0.138. The summed E-state index contributed by atoms with van der Waals surface area (Å²) in [4.78, 5) is 30.4. The molecule has 0 aliphatic carbocycles. The van der Waals surface area contributed by atoms with E-state index >= 15 is 0 Å². The first-order chi connectivity index (χ1) is 9.47. The highest BCUT2D eigenvalue weighted by Crippen LogP contribution is 1.80. The molecule has 0 aromatic carbocycles. The average Bonchev–Trinajstić information content (AvgIpc) is 2.45. The maximum absolute atomic E-state index is 10.4. The van der Waals surface area contributed by atoms with Crippen LogP contribution in [0.4, 0.5) is 0 Å². The number of carbonyl (C=O) groups is 3. The molecule has 0 aromatic heterocycles. The third-order valence-corrected chi connectivity index (χ3v) is 1.16. The molecule has 0 aliphatic heterocycles. The van der Waals surface area contributed by atoms with E-state index < -0.39 is 17.9 Å². The SMILES string of the molecule is C=C.C=CCOC(=O)C=C.CCOC(=O)C=CC(=O)O. The van der Waals surface area contributed by atoms with E-state index in [4.69, 9.17) is 5.11 Å². The zero-order valence-electron chi connectivity index (χ0n) is 11.5. The topological polar surface area (TPSA) is 89.9 Å². The van der Waals surface area contributed by atoms with Gasteiger partial charge in [-0.1, -0.05) is 19.2 Å². The van der Waals surface area contributed by atoms with Crippen molar-refractivity contribution in [2.24, 2.45) is 0 Å². The number of esters is 2. The minimum Gasteiger partial charge on any atom is -0.478 e. The number of rotatable bonds is 6. The van der Waals surface area contributed by atoms with Gasteiger partial charge in [-0.25, -0.2) is 14.4 Å². The number of carboxylic acids is 1. The molecule has 0 aromatic rings. The van der Waals surface area contributed by atoms with E-state index in [1.807, 2.05) is 0 Å². The summed E-state index contributed by atoms with van der Waals surface area (Å²) in [6.07, 6.45) is 4.22. The van der Waals surface area contributed by atoms with Gasteiger partial charge in [0.25, 0.3) is 0 Å². The van der Waals surface area contributed by atoms with Crippen LogP contribution in [0.15, 0.2) is 50.6 Å². The van der Waals surface area contributed by atoms with Gasteiger partial charge in [0.15, 0.2) is 0 Å². The summed E-state index contributed by atoms with van der Waals surface area (Å²) >= 11 is 0. The molecule has 1 N–H and O–H groups in total. The lowest BCUT2D eigenvalue weighted by atomic mass is 10.5. The second kappa shape index (κ2) is 18.7. The van der Waals surface area contributed by atoms with Gasteiger partial charge >= 0.3 is 17.9 Å². The van der Waals surface area contributed by atoms with Crippen LogP contribution >= 0.6 is 0 Å². The van der Waals surface area contributed by atoms with Crippen LogP contribution in [0.1, 0.15) is 6.92 Å². The van der Waals surface area contributed by atoms with E-state index in [0.29, 0.717) is 0 Å². The predicted molar refractivity (Wildman–Crippen MR) is 76.0 cm³/mol. The summed E-state index contributed by atoms with van der Waals surface area (Å²) in [6.45, 7) is 14.7. The molecular formula is C14H20O6. The summed E-state index contributed by atoms with van der Waals surface area (Å²) < 4.78 is 8.87. The van der Waals surface area contributed by atoms with E-state index in [0.717, 1.165) is 18.2 Å². The zero-order chi connectivity index (χ0) is 16.4. The highest BCUT2D eigenvalue weighted by atomic mass is 16.5. The number of carboxylic acid groups (broad SMARTS) is 1. The molecule has 0 unspecified atom stereocenters. The van der Waals surface area contributed by atoms with Gasteiger partial charge in [0.1, 0.15) is 6.61 Å². The van der Waals surface area contributed by atoms with Crippen LogP contribution in [0.25, 0.3) is 0 Å². The molecule has 0 heterocycles. The van der Waals surface area contributed by atoms with Crippen molar-refractivity contribution in [3.05, 3.63) is 50.6 Å². The van der Waals surface area contributed by atoms with Crippen LogP contribution in [0.2, 0.25) is 0 Å². The molecule has 0 atom stereocenters. The fourth-order valence-electron chi connectivity index (χ4n) is 0.530. The van der Waals surface area contributed by atoms with Crippen LogP contribution in [-0.2, 0) is 23.9 Å². The van der Waals surface area contributed by atoms with E-state index in [2.05, 4.69) is 35.8 Å². The maximum atomic E-state index is 10.4. The van der Waals surface area contributed by atoms with Gasteiger partial charge in [0.2, 0.25) is 0 Å². The van der Waals surface area contributed by atoms with E-state index in [1.165, 1.54) is 6.08 Å². The fourth-order valence-corrected chi connectivity index (χ4v) is 0.530. The molecule has 0 saturated heterocycles. The lowest BCUT2D eigenvalue weighted by Gasteiger charge is -1.92. The predicted octanol–water partition coefficient (Wildman–Crippen LogP) is 1.89. The summed E-state index contributed by atoms with van der Waals surface area (Å²) in [5.74, 6) is -2.21. The first-order valence-corrected chi connectivity index (χ1v) is 5.45. The van der Waals surface area contributed by atoms with Crippen LogP contribution in [0.5, 0.6) is 0 Å². The molecule has 0 fully saturated rings. The Morgan fingerprint density at radius 3 is 1.95 bits per heavy atom. The molecule has 6 nitrogen and oxygen atoms in total. The van der Waals surface area contributed by atoms with Crippen LogP contribution in [0.3, 0.4) is 0 Å². The molecule has 0 aliphatic rings. The Kier molecular flexibility index (Phi) is 21.1. The Labute approximate surface area is 118 Å². The molecule has 0 radical (unpaired) electrons. The lowest BCUT2D eigenvalue weighted by Crippen LogP contribution is -2.00. The smallest absolute Gasteiger partial charge is 0.330 e. The van der Waals surface area contributed by atoms with Crippen LogP contribution in [-0.4, -0.2) is 36.2 Å². The number of carbonyl (C=O) groups excluding carboxylic acids is 2. The van der Waals surface area contributed by atoms with E-state index in [9.17, 15) is 14.4 Å². The molecule has 0 rings (SSSR count). The van der Waals surface area contributed by atoms with E-state index in [1.54, 1.807) is 6.92 Å². The normalized spacial score (nSPS) is 8.05. The third kappa shape index (κ3) is 24.6. The van der Waals surface area contributed by atoms with Crippen molar-refractivity contribution in [1.29, 1.82) is 0 Å². The van der Waals surface area contributed by atoms with Crippen LogP contribution < -0.4 is 0 Å². The molecule has 20 heavy (non-hydrogen) atoms. The minimum absolute atomic E-state index is 0.253. The summed E-state index contributed by atoms with van der Waals surface area (Å²) in [7, 11) is 0. The molecular weight excluding hydrogens is 264 g/mol. The summed E-state index contributed by atoms with van der Waals surface area (Å²) in [5, 5.41) is 8.04. The highest BCUT2D eigenvalue weighted by molar-refractivity contribution is 5.90. The second-order valence-electron chi connectivity index (χ2n) is 2.55. The third-order valence-electron chi connectivity index (χ3n) is 1.16. The van der Waals surface area contributed by atoms with Gasteiger partial charge in [-0.3, -0.25) is 0 Å². The molecule has 0 amide bonds.